The molecule has 0 saturated carbocycles. The van der Waals surface area contributed by atoms with Gasteiger partial charge in [-0.3, -0.25) is 0 Å². The van der Waals surface area contributed by atoms with Crippen molar-refractivity contribution < 1.29 is 9.47 Å². The Kier molecular flexibility index (Phi) is 22.3. The van der Waals surface area contributed by atoms with Gasteiger partial charge in [0, 0.05) is 68.3 Å². The fourth-order valence-corrected chi connectivity index (χ4v) is 19.7. The van der Waals surface area contributed by atoms with Gasteiger partial charge in [0.15, 0.2) is 0 Å². The maximum atomic E-state index is 6.25. The first kappa shape index (κ1) is 58.8. The van der Waals surface area contributed by atoms with Crippen LogP contribution in [-0.4, -0.2) is 13.2 Å². The molecule has 418 valence electrons. The number of thiophene rings is 8. The van der Waals surface area contributed by atoms with E-state index in [2.05, 4.69) is 160 Å². The molecule has 0 radical (unpaired) electrons. The largest absolute Gasteiger partial charge is 0.490 e. The average molecular weight is 1210 g/mol. The SMILES string of the molecule is CCCCCCc1ccsc1-c1ccc(-c2ccc(-c3sc(-c4ccc(OCCOc5ccc(-c6cc(CCCCCC)c(-c7ccc(-c8ccc(-c9sccc9CCCCCC)s8)s7)s6)cc5)cc4)cc3CCCCCC)s2)s1. The quantitative estimate of drug-likeness (QED) is 0.0382. The fraction of sp³-hybridized carbons (Fsp3) is 0.371. The summed E-state index contributed by atoms with van der Waals surface area (Å²) in [6.45, 7) is 10.1. The smallest absolute Gasteiger partial charge is 0.122 e. The van der Waals surface area contributed by atoms with E-state index < -0.39 is 0 Å². The molecule has 8 aromatic heterocycles. The molecule has 0 saturated heterocycles. The Labute approximate surface area is 510 Å². The third-order valence-corrected chi connectivity index (χ3v) is 24.8. The Morgan fingerprint density at radius 3 is 0.925 bits per heavy atom. The molecule has 80 heavy (non-hydrogen) atoms. The highest BCUT2D eigenvalue weighted by Crippen LogP contribution is 2.49. The van der Waals surface area contributed by atoms with E-state index in [1.54, 1.807) is 0 Å². The number of unbranched alkanes of at least 4 members (excludes halogenated alkanes) is 12. The monoisotopic (exact) mass is 1210 g/mol. The molecule has 0 bridgehead atoms. The lowest BCUT2D eigenvalue weighted by molar-refractivity contribution is 0.217. The molecular formula is C70H78O2S8. The van der Waals surface area contributed by atoms with Crippen molar-refractivity contribution in [2.75, 3.05) is 13.2 Å². The van der Waals surface area contributed by atoms with Crippen molar-refractivity contribution in [1.29, 1.82) is 0 Å². The molecule has 0 amide bonds. The average Bonchev–Trinajstić information content (AvgIpc) is 4.37. The maximum absolute atomic E-state index is 6.25. The zero-order valence-electron chi connectivity index (χ0n) is 47.3. The van der Waals surface area contributed by atoms with E-state index in [1.807, 2.05) is 90.7 Å². The minimum atomic E-state index is 0.478. The second-order valence-electron chi connectivity index (χ2n) is 21.1. The van der Waals surface area contributed by atoms with E-state index in [1.165, 1.54) is 217 Å². The van der Waals surface area contributed by atoms with Crippen molar-refractivity contribution in [3.63, 3.8) is 0 Å². The molecule has 10 aromatic rings. The zero-order chi connectivity index (χ0) is 54.9. The predicted octanol–water partition coefficient (Wildman–Crippen LogP) is 25.5. The summed E-state index contributed by atoms with van der Waals surface area (Å²) in [5.74, 6) is 1.73. The molecule has 0 aliphatic carbocycles. The Morgan fingerprint density at radius 1 is 0.275 bits per heavy atom. The highest BCUT2D eigenvalue weighted by molar-refractivity contribution is 7.30. The van der Waals surface area contributed by atoms with Crippen molar-refractivity contribution in [3.05, 3.63) is 154 Å². The van der Waals surface area contributed by atoms with Crippen LogP contribution in [0.15, 0.2) is 132 Å². The topological polar surface area (TPSA) is 18.5 Å². The van der Waals surface area contributed by atoms with E-state index >= 15 is 0 Å². The molecule has 2 aromatic carbocycles. The second kappa shape index (κ2) is 30.3. The van der Waals surface area contributed by atoms with Gasteiger partial charge in [-0.25, -0.2) is 0 Å². The predicted molar refractivity (Wildman–Crippen MR) is 362 cm³/mol. The number of rotatable bonds is 33. The first-order valence-corrected chi connectivity index (χ1v) is 36.4. The Bertz CT molecular complexity index is 3190. The summed E-state index contributed by atoms with van der Waals surface area (Å²) in [6.07, 6.45) is 25.1. The second-order valence-corrected chi connectivity index (χ2v) is 29.4. The van der Waals surface area contributed by atoms with Crippen LogP contribution in [0.2, 0.25) is 0 Å². The first-order chi connectivity index (χ1) is 39.5. The number of hydrogen-bond acceptors (Lipinski definition) is 10. The lowest BCUT2D eigenvalue weighted by Crippen LogP contribution is -2.08. The van der Waals surface area contributed by atoms with E-state index in [0.717, 1.165) is 24.3 Å². The van der Waals surface area contributed by atoms with Crippen molar-refractivity contribution in [2.45, 2.75) is 156 Å². The first-order valence-electron chi connectivity index (χ1n) is 29.7. The summed E-state index contributed by atoms with van der Waals surface area (Å²) >= 11 is 15.5. The Hall–Kier alpha value is -4.36. The van der Waals surface area contributed by atoms with Gasteiger partial charge in [-0.05, 0) is 217 Å². The number of ether oxygens (including phenoxy) is 2. The minimum absolute atomic E-state index is 0.478. The van der Waals surface area contributed by atoms with Crippen LogP contribution in [0.5, 0.6) is 11.5 Å². The molecular weight excluding hydrogens is 1130 g/mol. The molecule has 10 rings (SSSR count). The summed E-state index contributed by atoms with van der Waals surface area (Å²) in [4.78, 5) is 19.5. The fourth-order valence-electron chi connectivity index (χ4n) is 10.5. The molecule has 0 atom stereocenters. The lowest BCUT2D eigenvalue weighted by Gasteiger charge is -2.09. The summed E-state index contributed by atoms with van der Waals surface area (Å²) in [6, 6.07) is 45.8. The van der Waals surface area contributed by atoms with Crippen LogP contribution < -0.4 is 9.47 Å². The Balaban J connectivity index is 0.749. The summed E-state index contributed by atoms with van der Waals surface area (Å²) < 4.78 is 12.5. The summed E-state index contributed by atoms with van der Waals surface area (Å²) in [5.41, 5.74) is 8.48. The molecule has 2 nitrogen and oxygen atoms in total. The van der Waals surface area contributed by atoms with Crippen LogP contribution in [-0.2, 0) is 25.7 Å². The molecule has 10 heteroatoms. The van der Waals surface area contributed by atoms with Gasteiger partial charge in [-0.2, -0.15) is 0 Å². The number of aryl methyl sites for hydroxylation is 4. The molecule has 0 N–H and O–H groups in total. The van der Waals surface area contributed by atoms with Gasteiger partial charge in [0.1, 0.15) is 24.7 Å². The Morgan fingerprint density at radius 2 is 0.588 bits per heavy atom. The summed E-state index contributed by atoms with van der Waals surface area (Å²) in [5, 5.41) is 4.56. The summed E-state index contributed by atoms with van der Waals surface area (Å²) in [7, 11) is 0. The van der Waals surface area contributed by atoms with E-state index in [4.69, 9.17) is 9.47 Å². The van der Waals surface area contributed by atoms with E-state index in [-0.39, 0.29) is 0 Å². The van der Waals surface area contributed by atoms with Gasteiger partial charge < -0.3 is 9.47 Å². The molecule has 0 spiro atoms. The lowest BCUT2D eigenvalue weighted by atomic mass is 10.0. The molecule has 8 heterocycles. The number of hydrogen-bond donors (Lipinski definition) is 0. The van der Waals surface area contributed by atoms with Crippen molar-refractivity contribution in [3.8, 4) is 90.9 Å². The maximum Gasteiger partial charge on any atom is 0.122 e. The van der Waals surface area contributed by atoms with Gasteiger partial charge in [-0.1, -0.05) is 105 Å². The highest BCUT2D eigenvalue weighted by atomic mass is 32.1. The van der Waals surface area contributed by atoms with Gasteiger partial charge in [0.25, 0.3) is 0 Å². The third-order valence-electron chi connectivity index (χ3n) is 15.0. The molecule has 0 unspecified atom stereocenters. The zero-order valence-corrected chi connectivity index (χ0v) is 53.9. The molecule has 0 aliphatic rings. The van der Waals surface area contributed by atoms with Crippen LogP contribution >= 0.6 is 90.7 Å². The van der Waals surface area contributed by atoms with Gasteiger partial charge >= 0.3 is 0 Å². The van der Waals surface area contributed by atoms with E-state index in [9.17, 15) is 0 Å². The van der Waals surface area contributed by atoms with Gasteiger partial charge in [0.05, 0.1) is 0 Å². The van der Waals surface area contributed by atoms with Crippen molar-refractivity contribution >= 4 is 90.7 Å². The third kappa shape index (κ3) is 15.4. The normalized spacial score (nSPS) is 11.6. The van der Waals surface area contributed by atoms with Crippen LogP contribution in [0.3, 0.4) is 0 Å². The molecule has 0 fully saturated rings. The van der Waals surface area contributed by atoms with Crippen molar-refractivity contribution in [2.24, 2.45) is 0 Å². The van der Waals surface area contributed by atoms with Crippen LogP contribution in [0, 0.1) is 0 Å². The highest BCUT2D eigenvalue weighted by Gasteiger charge is 2.20. The van der Waals surface area contributed by atoms with Crippen molar-refractivity contribution in [1.82, 2.24) is 0 Å². The molecule has 0 aliphatic heterocycles. The van der Waals surface area contributed by atoms with Crippen LogP contribution in [0.25, 0.3) is 79.4 Å². The van der Waals surface area contributed by atoms with Crippen LogP contribution in [0.1, 0.15) is 153 Å². The minimum Gasteiger partial charge on any atom is -0.490 e. The number of benzene rings is 2. The van der Waals surface area contributed by atoms with Crippen LogP contribution in [0.4, 0.5) is 0 Å². The standard InChI is InChI=1S/C70H78O2S8/c1-5-9-13-17-21-51-41-45-73-67(51)61-37-33-57(75-61)59-35-39-63(77-59)69-53(23-19-15-11-7-3)47-65(79-69)49-25-29-55(30-26-49)71-43-44-72-56-31-27-50(28-32-56)66-48-54(24-20-16-12-8-4)70(80-66)64-40-36-60(78-64)58-34-38-62(76-58)68-52(42-46-74-68)22-18-14-10-6-2/h25-42,45-48H,5-24,43-44H2,1-4H3. The van der Waals surface area contributed by atoms with E-state index in [0.29, 0.717) is 13.2 Å². The van der Waals surface area contributed by atoms with Gasteiger partial charge in [0.2, 0.25) is 0 Å². The van der Waals surface area contributed by atoms with Gasteiger partial charge in [-0.15, -0.1) is 90.7 Å².